The predicted octanol–water partition coefficient (Wildman–Crippen LogP) is 3.33. The van der Waals surface area contributed by atoms with Gasteiger partial charge in [-0.05, 0) is 70.3 Å². The third kappa shape index (κ3) is 9.52. The molecule has 0 aliphatic carbocycles. The van der Waals surface area contributed by atoms with Gasteiger partial charge < -0.3 is 25.5 Å². The quantitative estimate of drug-likeness (QED) is 0.288. The highest BCUT2D eigenvalue weighted by atomic mass is 16.3. The van der Waals surface area contributed by atoms with Gasteiger partial charge >= 0.3 is 0 Å². The van der Waals surface area contributed by atoms with Crippen LogP contribution in [0.5, 0.6) is 0 Å². The summed E-state index contributed by atoms with van der Waals surface area (Å²) < 4.78 is 0. The van der Waals surface area contributed by atoms with E-state index >= 15 is 0 Å². The molecule has 5 atom stereocenters. The molecule has 252 valence electrons. The van der Waals surface area contributed by atoms with E-state index in [9.17, 15) is 24.3 Å². The van der Waals surface area contributed by atoms with Crippen LogP contribution >= 0.6 is 0 Å². The summed E-state index contributed by atoms with van der Waals surface area (Å²) in [6.07, 6.45) is 5.94. The second kappa shape index (κ2) is 16.2. The van der Waals surface area contributed by atoms with Gasteiger partial charge in [0.15, 0.2) is 0 Å². The van der Waals surface area contributed by atoms with E-state index in [1.165, 1.54) is 0 Å². The summed E-state index contributed by atoms with van der Waals surface area (Å²) in [4.78, 5) is 59.9. The number of amides is 4. The van der Waals surface area contributed by atoms with Crippen molar-refractivity contribution in [2.45, 2.75) is 138 Å². The number of hydrogen-bond acceptors (Lipinski definition) is 6. The fourth-order valence-corrected chi connectivity index (χ4v) is 6.38. The molecule has 3 N–H and O–H groups in total. The molecular weight excluding hydrogens is 558 g/mol. The molecule has 2 aliphatic heterocycles. The Labute approximate surface area is 266 Å². The lowest BCUT2D eigenvalue weighted by Crippen LogP contribution is -2.60. The number of carbonyl (C=O) groups excluding carboxylic acids is 4. The molecule has 0 aromatic carbocycles. The van der Waals surface area contributed by atoms with Gasteiger partial charge in [0, 0.05) is 25.2 Å². The summed E-state index contributed by atoms with van der Waals surface area (Å²) in [5, 5.41) is 15.7. The zero-order chi connectivity index (χ0) is 33.5. The number of aliphatic hydroxyl groups excluding tert-OH is 1. The van der Waals surface area contributed by atoms with Gasteiger partial charge in [0.05, 0.1) is 24.7 Å². The van der Waals surface area contributed by atoms with E-state index in [-0.39, 0.29) is 60.2 Å². The van der Waals surface area contributed by atoms with Gasteiger partial charge in [-0.1, -0.05) is 61.0 Å². The van der Waals surface area contributed by atoms with Crippen LogP contribution in [0.4, 0.5) is 0 Å². The molecule has 2 rings (SSSR count). The van der Waals surface area contributed by atoms with E-state index in [1.54, 1.807) is 23.8 Å². The molecule has 10 nitrogen and oxygen atoms in total. The first-order valence-electron chi connectivity index (χ1n) is 16.7. The topological polar surface area (TPSA) is 122 Å². The second-order valence-electron chi connectivity index (χ2n) is 14.9. The van der Waals surface area contributed by atoms with Gasteiger partial charge in [0.25, 0.3) is 0 Å². The van der Waals surface area contributed by atoms with Crippen molar-refractivity contribution in [3.63, 3.8) is 0 Å². The second-order valence-corrected chi connectivity index (χ2v) is 14.9. The molecule has 2 saturated heterocycles. The third-order valence-corrected chi connectivity index (χ3v) is 9.29. The number of likely N-dealkylation sites (tertiary alicyclic amines) is 2. The summed E-state index contributed by atoms with van der Waals surface area (Å²) in [7, 11) is 1.74. The number of likely N-dealkylation sites (N-methyl/N-ethyl adjacent to an activating group) is 1. The summed E-state index contributed by atoms with van der Waals surface area (Å²) >= 11 is 0. The number of carbonyl (C=O) groups is 4. The van der Waals surface area contributed by atoms with Crippen molar-refractivity contribution in [3.05, 3.63) is 11.6 Å². The molecule has 0 bridgehead atoms. The molecule has 0 radical (unpaired) electrons. The van der Waals surface area contributed by atoms with Crippen LogP contribution in [-0.4, -0.2) is 106 Å². The van der Waals surface area contributed by atoms with Crippen LogP contribution in [0.1, 0.15) is 101 Å². The molecule has 1 unspecified atom stereocenters. The Hall–Kier alpha value is -2.46. The molecule has 4 amide bonds. The number of piperidine rings is 1. The van der Waals surface area contributed by atoms with Crippen LogP contribution in [-0.2, 0) is 19.2 Å². The molecule has 44 heavy (non-hydrogen) atoms. The normalized spacial score (nSPS) is 22.2. The van der Waals surface area contributed by atoms with Gasteiger partial charge in [-0.15, -0.1) is 0 Å². The Morgan fingerprint density at radius 2 is 1.48 bits per heavy atom. The van der Waals surface area contributed by atoms with Crippen LogP contribution in [0.25, 0.3) is 0 Å². The minimum atomic E-state index is -0.742. The highest BCUT2D eigenvalue weighted by Crippen LogP contribution is 2.27. The van der Waals surface area contributed by atoms with Crippen molar-refractivity contribution in [2.24, 2.45) is 17.3 Å². The molecule has 10 heteroatoms. The first kappa shape index (κ1) is 37.7. The van der Waals surface area contributed by atoms with Crippen molar-refractivity contribution in [1.29, 1.82) is 0 Å². The first-order chi connectivity index (χ1) is 20.4. The lowest BCUT2D eigenvalue weighted by molar-refractivity contribution is -0.142. The summed E-state index contributed by atoms with van der Waals surface area (Å²) in [5.41, 5.74) is -0.0655. The Morgan fingerprint density at radius 3 is 2.00 bits per heavy atom. The van der Waals surface area contributed by atoms with Gasteiger partial charge in [0.1, 0.15) is 12.1 Å². The smallest absolute Gasteiger partial charge is 0.249 e. The average molecular weight is 620 g/mol. The minimum absolute atomic E-state index is 0.00757. The number of hydrogen-bond donors (Lipinski definition) is 3. The van der Waals surface area contributed by atoms with E-state index in [0.29, 0.717) is 18.5 Å². The highest BCUT2D eigenvalue weighted by Gasteiger charge is 2.40. The van der Waals surface area contributed by atoms with Crippen molar-refractivity contribution >= 4 is 23.6 Å². The Bertz CT molecular complexity index is 1030. The van der Waals surface area contributed by atoms with E-state index in [0.717, 1.165) is 32.2 Å². The Morgan fingerprint density at radius 1 is 0.886 bits per heavy atom. The first-order valence-corrected chi connectivity index (χ1v) is 16.7. The fraction of sp³-hybridized carbons (Fsp3) is 0.824. The standard InChI is InChI=1S/C34H61N5O5/c1-21(2)25(20-40)35-30(41)27-16-14-18-39(27)32(43)24(7)19-28(22(3)4)37(11)33(44)29(34(8,9)10)36-31(42)26-15-12-13-17-38(26)23(5)6/h19,21-23,25-29,40H,12-18,20H2,1-11H3,(H,35,41)(H,36,42)/b24-19+/t25-,26?,27+,28-,29-/m1/s1. The lowest BCUT2D eigenvalue weighted by atomic mass is 9.84. The van der Waals surface area contributed by atoms with Crippen LogP contribution in [0, 0.1) is 17.3 Å². The number of nitrogens with one attached hydrogen (secondary N) is 2. The zero-order valence-electron chi connectivity index (χ0n) is 29.3. The van der Waals surface area contributed by atoms with Gasteiger partial charge in [-0.3, -0.25) is 24.1 Å². The zero-order valence-corrected chi connectivity index (χ0v) is 29.3. The van der Waals surface area contributed by atoms with E-state index in [4.69, 9.17) is 0 Å². The molecule has 2 aliphatic rings. The molecule has 0 saturated carbocycles. The summed E-state index contributed by atoms with van der Waals surface area (Å²) in [6.45, 7) is 20.9. The predicted molar refractivity (Wildman–Crippen MR) is 175 cm³/mol. The molecule has 0 aromatic heterocycles. The number of rotatable bonds is 12. The number of nitrogens with zero attached hydrogens (tertiary/aromatic N) is 3. The molecule has 2 fully saturated rings. The molecule has 0 aromatic rings. The van der Waals surface area contributed by atoms with Crippen molar-refractivity contribution < 1.29 is 24.3 Å². The van der Waals surface area contributed by atoms with Crippen LogP contribution in [0.2, 0.25) is 0 Å². The Balaban J connectivity index is 2.26. The number of aliphatic hydroxyl groups is 1. The molecule has 2 heterocycles. The molecular formula is C34H61N5O5. The third-order valence-electron chi connectivity index (χ3n) is 9.29. The van der Waals surface area contributed by atoms with Crippen molar-refractivity contribution in [3.8, 4) is 0 Å². The van der Waals surface area contributed by atoms with E-state index < -0.39 is 23.5 Å². The van der Waals surface area contributed by atoms with E-state index in [2.05, 4.69) is 29.4 Å². The molecule has 0 spiro atoms. The fourth-order valence-electron chi connectivity index (χ4n) is 6.38. The largest absolute Gasteiger partial charge is 0.394 e. The van der Waals surface area contributed by atoms with Crippen LogP contribution in [0.3, 0.4) is 0 Å². The Kier molecular flexibility index (Phi) is 13.9. The van der Waals surface area contributed by atoms with Gasteiger partial charge in [-0.25, -0.2) is 0 Å². The monoisotopic (exact) mass is 619 g/mol. The maximum Gasteiger partial charge on any atom is 0.249 e. The van der Waals surface area contributed by atoms with Crippen LogP contribution < -0.4 is 10.6 Å². The summed E-state index contributed by atoms with van der Waals surface area (Å²) in [5.74, 6) is -0.730. The average Bonchev–Trinajstić information content (AvgIpc) is 3.45. The van der Waals surface area contributed by atoms with Crippen molar-refractivity contribution in [1.82, 2.24) is 25.3 Å². The van der Waals surface area contributed by atoms with E-state index in [1.807, 2.05) is 54.5 Å². The minimum Gasteiger partial charge on any atom is -0.394 e. The maximum absolute atomic E-state index is 14.1. The van der Waals surface area contributed by atoms with Gasteiger partial charge in [0.2, 0.25) is 23.6 Å². The highest BCUT2D eigenvalue weighted by molar-refractivity contribution is 5.97. The van der Waals surface area contributed by atoms with Crippen LogP contribution in [0.15, 0.2) is 11.6 Å². The SMILES string of the molecule is C/C(=C\[C@H](C(C)C)N(C)C(=O)[C@@H](NC(=O)C1CCCCN1C(C)C)C(C)(C)C)C(=O)N1CCC[C@H]1C(=O)N[C@H](CO)C(C)C. The summed E-state index contributed by atoms with van der Waals surface area (Å²) in [6, 6.07) is -2.13. The van der Waals surface area contributed by atoms with Crippen molar-refractivity contribution in [2.75, 3.05) is 26.7 Å². The lowest BCUT2D eigenvalue weighted by Gasteiger charge is -2.41. The maximum atomic E-state index is 14.1. The van der Waals surface area contributed by atoms with Gasteiger partial charge in [-0.2, -0.15) is 0 Å².